The van der Waals surface area contributed by atoms with Gasteiger partial charge in [-0.15, -0.1) is 0 Å². The Morgan fingerprint density at radius 1 is 1.29 bits per heavy atom. The van der Waals surface area contributed by atoms with Crippen LogP contribution in [0, 0.1) is 17.5 Å². The van der Waals surface area contributed by atoms with Crippen molar-refractivity contribution in [2.45, 2.75) is 32.5 Å². The first kappa shape index (κ1) is 23.1. The molecule has 170 valence electrons. The summed E-state index contributed by atoms with van der Waals surface area (Å²) < 4.78 is 72.7. The number of aromatic nitrogens is 2. The fourth-order valence-corrected chi connectivity index (χ4v) is 4.55. The summed E-state index contributed by atoms with van der Waals surface area (Å²) in [4.78, 5) is 14.3. The van der Waals surface area contributed by atoms with Crippen molar-refractivity contribution in [2.24, 2.45) is 0 Å². The highest BCUT2D eigenvalue weighted by Gasteiger charge is 2.32. The number of ether oxygens (including phenoxy) is 1. The molecule has 1 atom stereocenters. The van der Waals surface area contributed by atoms with E-state index in [1.807, 2.05) is 0 Å². The molecule has 3 rings (SSSR count). The topological polar surface area (TPSA) is 84.7 Å². The van der Waals surface area contributed by atoms with Crippen LogP contribution < -0.4 is 4.31 Å². The number of nitrogens with zero attached hydrogens (tertiary/aromatic N) is 4. The van der Waals surface area contributed by atoms with Crippen LogP contribution in [0.25, 0.3) is 0 Å². The van der Waals surface area contributed by atoms with E-state index < -0.39 is 33.4 Å². The van der Waals surface area contributed by atoms with E-state index in [0.29, 0.717) is 17.9 Å². The van der Waals surface area contributed by atoms with Crippen LogP contribution in [0.15, 0.2) is 18.3 Å². The number of hydrogen-bond donors (Lipinski definition) is 0. The van der Waals surface area contributed by atoms with Crippen molar-refractivity contribution in [2.75, 3.05) is 30.8 Å². The predicted molar refractivity (Wildman–Crippen MR) is 106 cm³/mol. The van der Waals surface area contributed by atoms with Crippen LogP contribution >= 0.6 is 0 Å². The smallest absolute Gasteiger partial charge is 0.237 e. The molecule has 1 aliphatic heterocycles. The Morgan fingerprint density at radius 2 is 1.94 bits per heavy atom. The molecule has 1 aliphatic rings. The number of carbonyl (C=O) groups excluding carboxylic acids is 1. The van der Waals surface area contributed by atoms with E-state index in [1.54, 1.807) is 11.6 Å². The highest BCUT2D eigenvalue weighted by atomic mass is 32.2. The molecule has 12 heteroatoms. The van der Waals surface area contributed by atoms with Gasteiger partial charge in [0.25, 0.3) is 0 Å². The first-order valence-electron chi connectivity index (χ1n) is 9.48. The van der Waals surface area contributed by atoms with E-state index in [9.17, 15) is 26.4 Å². The third-order valence-electron chi connectivity index (χ3n) is 5.24. The number of anilines is 1. The molecule has 0 bridgehead atoms. The zero-order valence-corrected chi connectivity index (χ0v) is 18.1. The second kappa shape index (κ2) is 8.87. The molecule has 2 heterocycles. The maximum Gasteiger partial charge on any atom is 0.237 e. The van der Waals surface area contributed by atoms with Crippen LogP contribution in [0.4, 0.5) is 18.9 Å². The number of sulfonamides is 1. The summed E-state index contributed by atoms with van der Waals surface area (Å²) in [5, 5.41) is 4.23. The monoisotopic (exact) mass is 460 g/mol. The first-order chi connectivity index (χ1) is 14.5. The Morgan fingerprint density at radius 3 is 2.55 bits per heavy atom. The van der Waals surface area contributed by atoms with Gasteiger partial charge in [0.15, 0.2) is 17.5 Å². The number of rotatable bonds is 7. The maximum atomic E-state index is 13.5. The van der Waals surface area contributed by atoms with E-state index >= 15 is 0 Å². The summed E-state index contributed by atoms with van der Waals surface area (Å²) in [5.74, 6) is -4.96. The molecule has 31 heavy (non-hydrogen) atoms. The molecule has 1 amide bonds. The van der Waals surface area contributed by atoms with Gasteiger partial charge >= 0.3 is 0 Å². The number of halogens is 3. The van der Waals surface area contributed by atoms with Gasteiger partial charge in [-0.2, -0.15) is 5.10 Å². The average Bonchev–Trinajstić information content (AvgIpc) is 3.11. The number of amides is 1. The number of benzene rings is 1. The Labute approximate surface area is 178 Å². The second-order valence-electron chi connectivity index (χ2n) is 7.36. The highest BCUT2D eigenvalue weighted by Crippen LogP contribution is 2.28. The van der Waals surface area contributed by atoms with Gasteiger partial charge in [0, 0.05) is 20.2 Å². The molecule has 2 aromatic rings. The highest BCUT2D eigenvalue weighted by molar-refractivity contribution is 7.92. The Balaban J connectivity index is 1.82. The number of methoxy groups -OCH3 is 1. The minimum atomic E-state index is -3.66. The lowest BCUT2D eigenvalue weighted by molar-refractivity contribution is -0.134. The van der Waals surface area contributed by atoms with Gasteiger partial charge < -0.3 is 9.64 Å². The Kier molecular flexibility index (Phi) is 6.60. The molecular weight excluding hydrogens is 437 g/mol. The van der Waals surface area contributed by atoms with Crippen LogP contribution in [0.5, 0.6) is 0 Å². The molecule has 0 unspecified atom stereocenters. The van der Waals surface area contributed by atoms with E-state index in [-0.39, 0.29) is 36.9 Å². The molecule has 1 aromatic carbocycles. The largest absolute Gasteiger partial charge is 0.384 e. The second-order valence-corrected chi connectivity index (χ2v) is 9.48. The summed E-state index contributed by atoms with van der Waals surface area (Å²) in [7, 11) is -0.856. The average molecular weight is 460 g/mol. The van der Waals surface area contributed by atoms with Gasteiger partial charge in [-0.05, 0) is 24.6 Å². The molecule has 0 spiro atoms. The SMILES string of the molecule is COCCS(=O)(=O)N(C)c1cnn2c1CN(C(=O)Cc1cc(F)c(F)c(F)c1)[C@@H](C)C2. The van der Waals surface area contributed by atoms with Crippen molar-refractivity contribution >= 4 is 21.6 Å². The van der Waals surface area contributed by atoms with Crippen LogP contribution in [-0.2, 0) is 39.1 Å². The zero-order chi connectivity index (χ0) is 22.9. The van der Waals surface area contributed by atoms with Crippen molar-refractivity contribution in [3.63, 3.8) is 0 Å². The summed E-state index contributed by atoms with van der Waals surface area (Å²) in [6.07, 6.45) is 1.09. The minimum Gasteiger partial charge on any atom is -0.384 e. The number of fused-ring (bicyclic) bond motifs is 1. The fourth-order valence-electron chi connectivity index (χ4n) is 3.45. The lowest BCUT2D eigenvalue weighted by Crippen LogP contribution is -2.46. The van der Waals surface area contributed by atoms with Gasteiger partial charge in [0.05, 0.1) is 49.4 Å². The van der Waals surface area contributed by atoms with E-state index in [2.05, 4.69) is 5.10 Å². The lowest BCUT2D eigenvalue weighted by atomic mass is 10.1. The van der Waals surface area contributed by atoms with Crippen LogP contribution in [-0.4, -0.2) is 61.6 Å². The molecule has 0 aliphatic carbocycles. The summed E-state index contributed by atoms with van der Waals surface area (Å²) in [6.45, 7) is 2.19. The number of carbonyl (C=O) groups is 1. The fraction of sp³-hybridized carbons (Fsp3) is 0.474. The molecule has 0 saturated heterocycles. The van der Waals surface area contributed by atoms with Crippen LogP contribution in [0.1, 0.15) is 18.2 Å². The van der Waals surface area contributed by atoms with Crippen molar-refractivity contribution in [1.82, 2.24) is 14.7 Å². The maximum absolute atomic E-state index is 13.5. The Bertz CT molecular complexity index is 1070. The predicted octanol–water partition coefficient (Wildman–Crippen LogP) is 1.69. The lowest BCUT2D eigenvalue weighted by Gasteiger charge is -2.35. The van der Waals surface area contributed by atoms with Crippen LogP contribution in [0.2, 0.25) is 0 Å². The van der Waals surface area contributed by atoms with Gasteiger partial charge in [0.2, 0.25) is 15.9 Å². The van der Waals surface area contributed by atoms with Gasteiger partial charge in [-0.1, -0.05) is 0 Å². The minimum absolute atomic E-state index is 0.00664. The van der Waals surface area contributed by atoms with E-state index in [1.165, 1.54) is 25.3 Å². The van der Waals surface area contributed by atoms with E-state index in [0.717, 1.165) is 16.4 Å². The molecule has 0 fully saturated rings. The van der Waals surface area contributed by atoms with Crippen molar-refractivity contribution in [1.29, 1.82) is 0 Å². The Hall–Kier alpha value is -2.60. The van der Waals surface area contributed by atoms with Gasteiger partial charge in [0.1, 0.15) is 0 Å². The number of hydrogen-bond acceptors (Lipinski definition) is 5. The normalized spacial score (nSPS) is 16.3. The van der Waals surface area contributed by atoms with E-state index in [4.69, 9.17) is 4.74 Å². The molecule has 1 aromatic heterocycles. The van der Waals surface area contributed by atoms with Crippen molar-refractivity contribution < 1.29 is 31.1 Å². The van der Waals surface area contributed by atoms with Crippen LogP contribution in [0.3, 0.4) is 0 Å². The van der Waals surface area contributed by atoms with Gasteiger partial charge in [-0.25, -0.2) is 21.6 Å². The molecule has 0 saturated carbocycles. The summed E-state index contributed by atoms with van der Waals surface area (Å²) in [5.41, 5.74) is 0.859. The third kappa shape index (κ3) is 4.69. The standard InChI is InChI=1S/C19H23F3N4O4S/c1-12-10-26-17(16(9-23-26)24(2)31(28,29)5-4-30-3)11-25(12)18(27)8-13-6-14(20)19(22)15(21)7-13/h6-7,9,12H,4-5,8,10-11H2,1-3H3/t12-/m0/s1. The molecule has 8 nitrogen and oxygen atoms in total. The summed E-state index contributed by atoms with van der Waals surface area (Å²) in [6, 6.07) is 1.28. The van der Waals surface area contributed by atoms with Crippen molar-refractivity contribution in [3.05, 3.63) is 47.0 Å². The summed E-state index contributed by atoms with van der Waals surface area (Å²) >= 11 is 0. The zero-order valence-electron chi connectivity index (χ0n) is 17.3. The molecular formula is C19H23F3N4O4S. The van der Waals surface area contributed by atoms with Crippen molar-refractivity contribution in [3.8, 4) is 0 Å². The quantitative estimate of drug-likeness (QED) is 0.587. The molecule has 0 radical (unpaired) electrons. The van der Waals surface area contributed by atoms with Gasteiger partial charge in [-0.3, -0.25) is 13.8 Å². The molecule has 0 N–H and O–H groups in total. The first-order valence-corrected chi connectivity index (χ1v) is 11.1. The third-order valence-corrected chi connectivity index (χ3v) is 6.95.